The Labute approximate surface area is 213 Å². The molecule has 190 valence electrons. The Kier molecular flexibility index (Phi) is 7.62. The number of Topliss-reactive ketones (excluding diaryl/α,β-unsaturated/α-hetero) is 1. The molecule has 0 radical (unpaired) electrons. The third-order valence-corrected chi connectivity index (χ3v) is 5.97. The van der Waals surface area contributed by atoms with Gasteiger partial charge in [-0.2, -0.15) is 0 Å². The standard InChI is InChI=1S/C28H29N5O4/c1-18-5-8-22(9-6-18)17-32-26(31-27(35)33(28(32)36)16-20(3)21(4)34)30-23-10-12-24(13-11-23)37-25-14-7-19(2)15-29-25/h5-15,20H,16-17H2,1-4H3,(H,30,31,35)/t20-/m0/s1. The number of aryl methyl sites for hydroxylation is 2. The van der Waals surface area contributed by atoms with Crippen LogP contribution < -0.4 is 21.7 Å². The topological polar surface area (TPSA) is 111 Å². The van der Waals surface area contributed by atoms with E-state index in [0.29, 0.717) is 17.3 Å². The zero-order valence-corrected chi connectivity index (χ0v) is 21.3. The Morgan fingerprint density at radius 1 is 0.973 bits per heavy atom. The molecule has 9 heteroatoms. The van der Waals surface area contributed by atoms with E-state index in [9.17, 15) is 14.4 Å². The van der Waals surface area contributed by atoms with Crippen LogP contribution in [0.15, 0.2) is 81.4 Å². The number of hydrogen-bond acceptors (Lipinski definition) is 6. The van der Waals surface area contributed by atoms with Crippen LogP contribution >= 0.6 is 0 Å². The number of nitrogens with one attached hydrogen (secondary N) is 1. The molecular formula is C28H29N5O4. The second kappa shape index (κ2) is 11.0. The number of rotatable bonds is 8. The van der Waals surface area contributed by atoms with Gasteiger partial charge >= 0.3 is 11.4 Å². The molecule has 1 N–H and O–H groups in total. The van der Waals surface area contributed by atoms with E-state index < -0.39 is 17.3 Å². The number of benzene rings is 2. The van der Waals surface area contributed by atoms with Gasteiger partial charge in [-0.1, -0.05) is 42.8 Å². The smallest absolute Gasteiger partial charge is 0.335 e. The van der Waals surface area contributed by atoms with Crippen LogP contribution in [0.2, 0.25) is 0 Å². The summed E-state index contributed by atoms with van der Waals surface area (Å²) in [5.41, 5.74) is 2.46. The molecule has 0 saturated carbocycles. The molecule has 2 aromatic heterocycles. The number of nitrogens with zero attached hydrogens (tertiary/aromatic N) is 4. The fourth-order valence-electron chi connectivity index (χ4n) is 3.57. The summed E-state index contributed by atoms with van der Waals surface area (Å²) in [6, 6.07) is 18.4. The van der Waals surface area contributed by atoms with E-state index in [2.05, 4.69) is 15.0 Å². The molecule has 0 amide bonds. The second-order valence-corrected chi connectivity index (χ2v) is 9.11. The first-order chi connectivity index (χ1) is 17.7. The van der Waals surface area contributed by atoms with Crippen LogP contribution in [0.25, 0.3) is 0 Å². The zero-order chi connectivity index (χ0) is 26.5. The average Bonchev–Trinajstić information content (AvgIpc) is 2.87. The normalized spacial score (nSPS) is 12.4. The first kappa shape index (κ1) is 25.6. The van der Waals surface area contributed by atoms with E-state index in [4.69, 9.17) is 4.74 Å². The quantitative estimate of drug-likeness (QED) is 0.398. The van der Waals surface area contributed by atoms with Crippen LogP contribution in [-0.2, 0) is 17.9 Å². The largest absolute Gasteiger partial charge is 0.439 e. The van der Waals surface area contributed by atoms with E-state index in [1.807, 2.05) is 44.2 Å². The van der Waals surface area contributed by atoms with Crippen LogP contribution in [0.4, 0.5) is 5.69 Å². The van der Waals surface area contributed by atoms with Crippen molar-refractivity contribution >= 4 is 11.5 Å². The number of pyridine rings is 1. The predicted molar refractivity (Wildman–Crippen MR) is 140 cm³/mol. The average molecular weight is 500 g/mol. The van der Waals surface area contributed by atoms with Crippen molar-refractivity contribution in [3.8, 4) is 11.6 Å². The van der Waals surface area contributed by atoms with Crippen LogP contribution in [-0.4, -0.2) is 24.9 Å². The minimum Gasteiger partial charge on any atom is -0.439 e. The van der Waals surface area contributed by atoms with Gasteiger partial charge in [0.2, 0.25) is 11.5 Å². The number of aromatic amines is 1. The minimum atomic E-state index is -0.623. The van der Waals surface area contributed by atoms with Gasteiger partial charge in [0.05, 0.1) is 12.2 Å². The van der Waals surface area contributed by atoms with Crippen LogP contribution in [0.3, 0.4) is 0 Å². The third-order valence-electron chi connectivity index (χ3n) is 5.97. The summed E-state index contributed by atoms with van der Waals surface area (Å²) in [5.74, 6) is 0.460. The third kappa shape index (κ3) is 6.38. The van der Waals surface area contributed by atoms with Crippen molar-refractivity contribution in [2.24, 2.45) is 10.9 Å². The van der Waals surface area contributed by atoms with E-state index >= 15 is 0 Å². The maximum absolute atomic E-state index is 13.4. The Hall–Kier alpha value is -4.53. The number of H-pyrrole nitrogens is 1. The molecule has 4 aromatic rings. The van der Waals surface area contributed by atoms with Crippen molar-refractivity contribution in [3.63, 3.8) is 0 Å². The molecule has 0 unspecified atom stereocenters. The van der Waals surface area contributed by atoms with Crippen molar-refractivity contribution in [3.05, 3.63) is 110 Å². The SMILES string of the molecule is CC(=O)[C@@H](C)Cn1c(=O)[nH]/c(=N\c2ccc(Oc3ccc(C)cn3)cc2)n(Cc2ccc(C)cc2)c1=O. The van der Waals surface area contributed by atoms with Gasteiger partial charge in [-0.05, 0) is 56.2 Å². The van der Waals surface area contributed by atoms with Gasteiger partial charge in [0, 0.05) is 24.7 Å². The fraction of sp³-hybridized carbons (Fsp3) is 0.250. The predicted octanol–water partition coefficient (Wildman–Crippen LogP) is 3.65. The van der Waals surface area contributed by atoms with Gasteiger partial charge in [-0.15, -0.1) is 0 Å². The number of carbonyl (C=O) groups is 1. The first-order valence-electron chi connectivity index (χ1n) is 11.9. The Morgan fingerprint density at radius 3 is 2.27 bits per heavy atom. The second-order valence-electron chi connectivity index (χ2n) is 9.11. The lowest BCUT2D eigenvalue weighted by Gasteiger charge is -2.13. The number of ether oxygens (including phenoxy) is 1. The molecule has 37 heavy (non-hydrogen) atoms. The zero-order valence-electron chi connectivity index (χ0n) is 21.3. The van der Waals surface area contributed by atoms with Crippen molar-refractivity contribution in [1.82, 2.24) is 19.1 Å². The molecule has 9 nitrogen and oxygen atoms in total. The summed E-state index contributed by atoms with van der Waals surface area (Å²) < 4.78 is 8.21. The fourth-order valence-corrected chi connectivity index (χ4v) is 3.57. The van der Waals surface area contributed by atoms with Crippen LogP contribution in [0.1, 0.15) is 30.5 Å². The highest BCUT2D eigenvalue weighted by Crippen LogP contribution is 2.22. The highest BCUT2D eigenvalue weighted by molar-refractivity contribution is 5.77. The van der Waals surface area contributed by atoms with Gasteiger partial charge in [0.1, 0.15) is 11.5 Å². The minimum absolute atomic E-state index is 0.0171. The number of carbonyl (C=O) groups excluding carboxylic acids is 1. The summed E-state index contributed by atoms with van der Waals surface area (Å²) in [5, 5.41) is 0. The lowest BCUT2D eigenvalue weighted by atomic mass is 10.1. The highest BCUT2D eigenvalue weighted by Gasteiger charge is 2.15. The number of aromatic nitrogens is 4. The summed E-state index contributed by atoms with van der Waals surface area (Å²) in [6.45, 7) is 7.24. The first-order valence-corrected chi connectivity index (χ1v) is 11.9. The molecule has 0 aliphatic carbocycles. The monoisotopic (exact) mass is 499 g/mol. The number of ketones is 1. The Balaban J connectivity index is 1.73. The van der Waals surface area contributed by atoms with Crippen LogP contribution in [0.5, 0.6) is 11.6 Å². The van der Waals surface area contributed by atoms with Gasteiger partial charge in [0.25, 0.3) is 0 Å². The molecule has 0 saturated heterocycles. The molecule has 0 aliphatic rings. The molecule has 0 aliphatic heterocycles. The molecule has 0 fully saturated rings. The summed E-state index contributed by atoms with van der Waals surface area (Å²) in [7, 11) is 0. The Bertz CT molecular complexity index is 1580. The van der Waals surface area contributed by atoms with Crippen molar-refractivity contribution in [1.29, 1.82) is 0 Å². The molecule has 2 heterocycles. The maximum atomic E-state index is 13.4. The van der Waals surface area contributed by atoms with E-state index in [1.165, 1.54) is 11.5 Å². The molecule has 0 bridgehead atoms. The summed E-state index contributed by atoms with van der Waals surface area (Å²) >= 11 is 0. The van der Waals surface area contributed by atoms with E-state index in [-0.39, 0.29) is 24.5 Å². The lowest BCUT2D eigenvalue weighted by molar-refractivity contribution is -0.120. The molecule has 4 rings (SSSR count). The van der Waals surface area contributed by atoms with Crippen molar-refractivity contribution in [2.45, 2.75) is 40.8 Å². The summed E-state index contributed by atoms with van der Waals surface area (Å²) in [4.78, 5) is 49.5. The van der Waals surface area contributed by atoms with Crippen molar-refractivity contribution in [2.75, 3.05) is 0 Å². The maximum Gasteiger partial charge on any atom is 0.335 e. The van der Waals surface area contributed by atoms with Gasteiger partial charge in [-0.25, -0.2) is 24.1 Å². The van der Waals surface area contributed by atoms with Gasteiger partial charge in [-0.3, -0.25) is 14.3 Å². The Morgan fingerprint density at radius 2 is 1.65 bits per heavy atom. The highest BCUT2D eigenvalue weighted by atomic mass is 16.5. The van der Waals surface area contributed by atoms with E-state index in [0.717, 1.165) is 21.3 Å². The molecule has 2 aromatic carbocycles. The van der Waals surface area contributed by atoms with Gasteiger partial charge in [0.15, 0.2) is 0 Å². The van der Waals surface area contributed by atoms with Crippen LogP contribution in [0, 0.1) is 19.8 Å². The summed E-state index contributed by atoms with van der Waals surface area (Å²) in [6.07, 6.45) is 1.72. The molecular weight excluding hydrogens is 470 g/mol. The molecule has 0 spiro atoms. The molecule has 1 atom stereocenters. The lowest BCUT2D eigenvalue weighted by Crippen LogP contribution is -2.51. The van der Waals surface area contributed by atoms with E-state index in [1.54, 1.807) is 43.5 Å². The number of hydrogen-bond donors (Lipinski definition) is 1. The van der Waals surface area contributed by atoms with Crippen molar-refractivity contribution < 1.29 is 9.53 Å². The van der Waals surface area contributed by atoms with Gasteiger partial charge < -0.3 is 4.74 Å².